The van der Waals surface area contributed by atoms with Crippen molar-refractivity contribution >= 4 is 6.09 Å². The van der Waals surface area contributed by atoms with Gasteiger partial charge in [0.1, 0.15) is 18.0 Å². The van der Waals surface area contributed by atoms with Crippen LogP contribution in [0.3, 0.4) is 0 Å². The maximum Gasteiger partial charge on any atom is 0.404 e. The van der Waals surface area contributed by atoms with E-state index >= 15 is 0 Å². The van der Waals surface area contributed by atoms with Gasteiger partial charge in [-0.05, 0) is 17.7 Å². The molecule has 0 unspecified atom stereocenters. The largest absolute Gasteiger partial charge is 0.444 e. The van der Waals surface area contributed by atoms with Crippen molar-refractivity contribution in [1.82, 2.24) is 0 Å². The Hall–Kier alpha value is -2.13. The van der Waals surface area contributed by atoms with Crippen LogP contribution < -0.4 is 5.73 Å². The number of nitriles is 1. The molecule has 0 radical (unpaired) electrons. The van der Waals surface area contributed by atoms with Crippen LogP contribution in [0.2, 0.25) is 0 Å². The third-order valence-electron chi connectivity index (χ3n) is 2.10. The number of nitrogens with zero attached hydrogens (tertiary/aromatic N) is 1. The van der Waals surface area contributed by atoms with Gasteiger partial charge in [0.15, 0.2) is 0 Å². The van der Waals surface area contributed by atoms with Crippen molar-refractivity contribution < 1.29 is 19.0 Å². The predicted octanol–water partition coefficient (Wildman–Crippen LogP) is 0.696. The van der Waals surface area contributed by atoms with Crippen LogP contribution in [0.15, 0.2) is 18.2 Å². The Morgan fingerprint density at radius 3 is 2.82 bits per heavy atom. The fourth-order valence-electron chi connectivity index (χ4n) is 1.35. The number of benzene rings is 1. The molecule has 90 valence electrons. The van der Waals surface area contributed by atoms with Crippen LogP contribution >= 0.6 is 0 Å². The molecule has 0 fully saturated rings. The SMILES string of the molecule is N#Cc1ccc(C[C@@H](CO)OC(N)=O)cc1F. The number of amides is 1. The number of rotatable bonds is 4. The number of primary amides is 1. The molecule has 17 heavy (non-hydrogen) atoms. The molecule has 5 nitrogen and oxygen atoms in total. The van der Waals surface area contributed by atoms with Gasteiger partial charge < -0.3 is 15.6 Å². The Morgan fingerprint density at radius 2 is 2.35 bits per heavy atom. The number of hydrogen-bond donors (Lipinski definition) is 2. The molecule has 0 aliphatic heterocycles. The number of nitrogens with two attached hydrogens (primary N) is 1. The maximum absolute atomic E-state index is 13.2. The van der Waals surface area contributed by atoms with Gasteiger partial charge in [-0.15, -0.1) is 0 Å². The van der Waals surface area contributed by atoms with Gasteiger partial charge in [-0.2, -0.15) is 5.26 Å². The van der Waals surface area contributed by atoms with Crippen LogP contribution in [0.1, 0.15) is 11.1 Å². The number of aliphatic hydroxyl groups excluding tert-OH is 1. The molecule has 0 aliphatic rings. The van der Waals surface area contributed by atoms with E-state index in [1.165, 1.54) is 12.1 Å². The topological polar surface area (TPSA) is 96.3 Å². The summed E-state index contributed by atoms with van der Waals surface area (Å²) in [7, 11) is 0. The van der Waals surface area contributed by atoms with E-state index in [1.54, 1.807) is 6.07 Å². The normalized spacial score (nSPS) is 11.6. The number of carbonyl (C=O) groups is 1. The van der Waals surface area contributed by atoms with Crippen LogP contribution in [0.5, 0.6) is 0 Å². The van der Waals surface area contributed by atoms with Crippen LogP contribution in [0.4, 0.5) is 9.18 Å². The molecule has 0 aromatic heterocycles. The average molecular weight is 238 g/mol. The Kier molecular flexibility index (Phi) is 4.43. The van der Waals surface area contributed by atoms with Gasteiger partial charge in [-0.1, -0.05) is 6.07 Å². The number of ether oxygens (including phenoxy) is 1. The lowest BCUT2D eigenvalue weighted by atomic mass is 10.1. The zero-order chi connectivity index (χ0) is 12.8. The van der Waals surface area contributed by atoms with Crippen LogP contribution in [-0.4, -0.2) is 23.9 Å². The van der Waals surface area contributed by atoms with Crippen LogP contribution in [-0.2, 0) is 11.2 Å². The van der Waals surface area contributed by atoms with E-state index < -0.39 is 24.6 Å². The van der Waals surface area contributed by atoms with Crippen molar-refractivity contribution in [2.45, 2.75) is 12.5 Å². The van der Waals surface area contributed by atoms with Gasteiger partial charge in [-0.3, -0.25) is 0 Å². The fraction of sp³-hybridized carbons (Fsp3) is 0.273. The number of halogens is 1. The first-order valence-electron chi connectivity index (χ1n) is 4.82. The molecule has 1 amide bonds. The molecular formula is C11H11FN2O3. The standard InChI is InChI=1S/C11H11FN2O3/c12-10-4-7(1-2-8(10)5-13)3-9(6-15)17-11(14)16/h1-2,4,9,15H,3,6H2,(H2,14,16)/t9-/m0/s1. The van der Waals surface area contributed by atoms with E-state index in [2.05, 4.69) is 4.74 Å². The summed E-state index contributed by atoms with van der Waals surface area (Å²) in [5, 5.41) is 17.5. The van der Waals surface area contributed by atoms with Crippen molar-refractivity contribution in [3.63, 3.8) is 0 Å². The maximum atomic E-state index is 13.2. The van der Waals surface area contributed by atoms with Gasteiger partial charge in [0, 0.05) is 6.42 Å². The van der Waals surface area contributed by atoms with E-state index in [1.807, 2.05) is 0 Å². The van der Waals surface area contributed by atoms with Gasteiger partial charge in [0.25, 0.3) is 0 Å². The summed E-state index contributed by atoms with van der Waals surface area (Å²) in [4.78, 5) is 10.5. The third-order valence-corrected chi connectivity index (χ3v) is 2.10. The monoisotopic (exact) mass is 238 g/mol. The minimum absolute atomic E-state index is 0.0647. The summed E-state index contributed by atoms with van der Waals surface area (Å²) in [5.41, 5.74) is 5.25. The summed E-state index contributed by atoms with van der Waals surface area (Å²) in [6.45, 7) is -0.412. The quantitative estimate of drug-likeness (QED) is 0.806. The first kappa shape index (κ1) is 12.9. The molecule has 1 aromatic rings. The van der Waals surface area contributed by atoms with Crippen molar-refractivity contribution in [1.29, 1.82) is 5.26 Å². The molecule has 0 bridgehead atoms. The number of aliphatic hydroxyl groups is 1. The van der Waals surface area contributed by atoms with E-state index in [-0.39, 0.29) is 12.0 Å². The zero-order valence-corrected chi connectivity index (χ0v) is 8.89. The highest BCUT2D eigenvalue weighted by atomic mass is 19.1. The molecule has 0 aliphatic carbocycles. The van der Waals surface area contributed by atoms with Gasteiger partial charge >= 0.3 is 6.09 Å². The smallest absolute Gasteiger partial charge is 0.404 e. The third kappa shape index (κ3) is 3.74. The Morgan fingerprint density at radius 1 is 1.65 bits per heavy atom. The highest BCUT2D eigenvalue weighted by Gasteiger charge is 2.13. The van der Waals surface area contributed by atoms with Gasteiger partial charge in [0.2, 0.25) is 0 Å². The second-order valence-corrected chi connectivity index (χ2v) is 3.37. The van der Waals surface area contributed by atoms with Crippen molar-refractivity contribution in [2.24, 2.45) is 5.73 Å². The predicted molar refractivity (Wildman–Crippen MR) is 56.4 cm³/mol. The lowest BCUT2D eigenvalue weighted by molar-refractivity contribution is 0.0639. The van der Waals surface area contributed by atoms with Gasteiger partial charge in [-0.25, -0.2) is 9.18 Å². The second-order valence-electron chi connectivity index (χ2n) is 3.37. The molecular weight excluding hydrogens is 227 g/mol. The fourth-order valence-corrected chi connectivity index (χ4v) is 1.35. The Bertz CT molecular complexity index is 457. The first-order valence-corrected chi connectivity index (χ1v) is 4.82. The summed E-state index contributed by atoms with van der Waals surface area (Å²) in [5.74, 6) is -0.652. The van der Waals surface area contributed by atoms with Gasteiger partial charge in [0.05, 0.1) is 12.2 Å². The Labute approximate surface area is 97.2 Å². The average Bonchev–Trinajstić information content (AvgIpc) is 2.27. The number of hydrogen-bond acceptors (Lipinski definition) is 4. The lowest BCUT2D eigenvalue weighted by Gasteiger charge is -2.13. The summed E-state index contributed by atoms with van der Waals surface area (Å²) in [6, 6.07) is 5.70. The minimum atomic E-state index is -1.00. The van der Waals surface area contributed by atoms with Crippen molar-refractivity contribution in [3.8, 4) is 6.07 Å². The van der Waals surface area contributed by atoms with Crippen molar-refractivity contribution in [3.05, 3.63) is 35.1 Å². The minimum Gasteiger partial charge on any atom is -0.444 e. The Balaban J connectivity index is 2.77. The summed E-state index contributed by atoms with van der Waals surface area (Å²) < 4.78 is 17.9. The van der Waals surface area contributed by atoms with E-state index in [0.717, 1.165) is 6.07 Å². The van der Waals surface area contributed by atoms with E-state index in [0.29, 0.717) is 5.56 Å². The molecule has 1 aromatic carbocycles. The molecule has 1 atom stereocenters. The molecule has 0 spiro atoms. The molecule has 0 heterocycles. The van der Waals surface area contributed by atoms with E-state index in [4.69, 9.17) is 16.1 Å². The van der Waals surface area contributed by atoms with E-state index in [9.17, 15) is 9.18 Å². The lowest BCUT2D eigenvalue weighted by Crippen LogP contribution is -2.27. The highest BCUT2D eigenvalue weighted by Crippen LogP contribution is 2.12. The summed E-state index contributed by atoms with van der Waals surface area (Å²) >= 11 is 0. The second kappa shape index (κ2) is 5.82. The zero-order valence-electron chi connectivity index (χ0n) is 8.89. The molecule has 3 N–H and O–H groups in total. The van der Waals surface area contributed by atoms with Crippen LogP contribution in [0.25, 0.3) is 0 Å². The summed E-state index contributed by atoms with van der Waals surface area (Å²) in [6.07, 6.45) is -1.69. The first-order chi connectivity index (χ1) is 8.06. The molecule has 0 saturated carbocycles. The van der Waals surface area contributed by atoms with Crippen molar-refractivity contribution in [2.75, 3.05) is 6.61 Å². The number of carbonyl (C=O) groups excluding carboxylic acids is 1. The molecule has 6 heteroatoms. The van der Waals surface area contributed by atoms with Crippen LogP contribution in [0, 0.1) is 17.1 Å². The molecule has 1 rings (SSSR count). The highest BCUT2D eigenvalue weighted by molar-refractivity contribution is 5.64. The molecule has 0 saturated heterocycles.